The Hall–Kier alpha value is -3.55. The first kappa shape index (κ1) is 14.1. The Morgan fingerprint density at radius 3 is 2.92 bits per heavy atom. The zero-order valence-electron chi connectivity index (χ0n) is 12.8. The summed E-state index contributed by atoms with van der Waals surface area (Å²) in [5.41, 5.74) is 4.34. The summed E-state index contributed by atoms with van der Waals surface area (Å²) in [7, 11) is 0. The van der Waals surface area contributed by atoms with Crippen LogP contribution < -0.4 is 5.32 Å². The number of benzene rings is 2. The molecule has 0 bridgehead atoms. The fourth-order valence-corrected chi connectivity index (χ4v) is 2.53. The number of nitrogens with one attached hydrogen (secondary N) is 2. The number of rotatable bonds is 3. The Labute approximate surface area is 136 Å². The number of aromatic amines is 1. The van der Waals surface area contributed by atoms with Crippen molar-refractivity contribution in [2.75, 3.05) is 5.32 Å². The van der Waals surface area contributed by atoms with Crippen molar-refractivity contribution in [1.82, 2.24) is 30.2 Å². The Morgan fingerprint density at radius 1 is 1.21 bits per heavy atom. The van der Waals surface area contributed by atoms with E-state index < -0.39 is 0 Å². The highest BCUT2D eigenvalue weighted by Crippen LogP contribution is 2.20. The molecule has 118 valence electrons. The number of imidazole rings is 1. The number of aromatic nitrogens is 6. The van der Waals surface area contributed by atoms with Crippen molar-refractivity contribution in [2.45, 2.75) is 6.92 Å². The number of anilines is 1. The van der Waals surface area contributed by atoms with Crippen LogP contribution in [0.5, 0.6) is 0 Å². The van der Waals surface area contributed by atoms with Crippen molar-refractivity contribution in [3.8, 4) is 5.69 Å². The van der Waals surface area contributed by atoms with Crippen molar-refractivity contribution in [2.24, 2.45) is 0 Å². The van der Waals surface area contributed by atoms with Crippen LogP contribution in [0.3, 0.4) is 0 Å². The van der Waals surface area contributed by atoms with Crippen molar-refractivity contribution in [3.05, 3.63) is 59.9 Å². The first-order chi connectivity index (χ1) is 11.7. The number of nitrogens with zero attached hydrogens (tertiary/aromatic N) is 5. The van der Waals surface area contributed by atoms with E-state index in [0.29, 0.717) is 5.56 Å². The Morgan fingerprint density at radius 2 is 2.12 bits per heavy atom. The molecule has 0 saturated carbocycles. The van der Waals surface area contributed by atoms with Crippen molar-refractivity contribution < 1.29 is 4.79 Å². The second-order valence-corrected chi connectivity index (χ2v) is 5.35. The molecule has 0 aliphatic rings. The number of amides is 1. The van der Waals surface area contributed by atoms with Gasteiger partial charge < -0.3 is 0 Å². The summed E-state index contributed by atoms with van der Waals surface area (Å²) < 4.78 is 1.99. The summed E-state index contributed by atoms with van der Waals surface area (Å²) in [4.78, 5) is 16.6. The topological polar surface area (TPSA) is 101 Å². The molecule has 0 spiro atoms. The largest absolute Gasteiger partial charge is 0.299 e. The fraction of sp³-hybridized carbons (Fsp3) is 0.0625. The summed E-state index contributed by atoms with van der Waals surface area (Å²) >= 11 is 0. The molecular formula is C16H13N7O. The number of aryl methyl sites for hydroxylation is 1. The molecule has 8 nitrogen and oxygen atoms in total. The van der Waals surface area contributed by atoms with Crippen LogP contribution in [0.2, 0.25) is 0 Å². The predicted octanol–water partition coefficient (Wildman–Crippen LogP) is 2.10. The molecule has 0 fully saturated rings. The highest BCUT2D eigenvalue weighted by Gasteiger charge is 2.12. The highest BCUT2D eigenvalue weighted by molar-refractivity contribution is 6.05. The van der Waals surface area contributed by atoms with E-state index in [2.05, 4.69) is 37.0 Å². The molecule has 0 unspecified atom stereocenters. The first-order valence-electron chi connectivity index (χ1n) is 7.30. The van der Waals surface area contributed by atoms with Gasteiger partial charge in [-0.3, -0.25) is 14.7 Å². The first-order valence-corrected chi connectivity index (χ1v) is 7.30. The maximum Gasteiger partial charge on any atom is 0.270 e. The molecule has 0 atom stereocenters. The van der Waals surface area contributed by atoms with Gasteiger partial charge in [-0.1, -0.05) is 17.2 Å². The summed E-state index contributed by atoms with van der Waals surface area (Å²) in [6.45, 7) is 2.04. The zero-order chi connectivity index (χ0) is 16.5. The second kappa shape index (κ2) is 5.58. The van der Waals surface area contributed by atoms with Gasteiger partial charge in [-0.25, -0.2) is 4.98 Å². The van der Waals surface area contributed by atoms with Crippen LogP contribution in [0.15, 0.2) is 48.8 Å². The van der Waals surface area contributed by atoms with Crippen molar-refractivity contribution in [1.29, 1.82) is 0 Å². The van der Waals surface area contributed by atoms with E-state index in [1.165, 1.54) is 5.56 Å². The zero-order valence-corrected chi connectivity index (χ0v) is 12.8. The molecule has 2 aromatic heterocycles. The van der Waals surface area contributed by atoms with E-state index in [1.54, 1.807) is 18.5 Å². The lowest BCUT2D eigenvalue weighted by Gasteiger charge is -2.06. The molecule has 4 aromatic rings. The maximum atomic E-state index is 12.2. The van der Waals surface area contributed by atoms with Gasteiger partial charge in [0.25, 0.3) is 11.9 Å². The standard InChI is InChI=1S/C16H13N7O/c1-10-3-2-4-12(7-10)23-9-17-13-8-11(5-6-14(13)23)15(24)18-16-19-21-22-20-16/h2-9H,1H3,(H2,18,19,20,21,22,24). The van der Waals surface area contributed by atoms with Gasteiger partial charge in [0.05, 0.1) is 11.0 Å². The lowest BCUT2D eigenvalue weighted by atomic mass is 10.1. The van der Waals surface area contributed by atoms with Crippen LogP contribution in [0.4, 0.5) is 5.95 Å². The third kappa shape index (κ3) is 2.50. The van der Waals surface area contributed by atoms with Gasteiger partial charge in [0.15, 0.2) is 0 Å². The molecule has 0 aliphatic heterocycles. The lowest BCUT2D eigenvalue weighted by molar-refractivity contribution is 0.102. The minimum atomic E-state index is -0.316. The third-order valence-electron chi connectivity index (χ3n) is 3.66. The van der Waals surface area contributed by atoms with Gasteiger partial charge in [-0.05, 0) is 48.0 Å². The van der Waals surface area contributed by atoms with E-state index in [9.17, 15) is 4.79 Å². The second-order valence-electron chi connectivity index (χ2n) is 5.35. The summed E-state index contributed by atoms with van der Waals surface area (Å²) in [6, 6.07) is 13.5. The molecule has 0 radical (unpaired) electrons. The molecular weight excluding hydrogens is 306 g/mol. The summed E-state index contributed by atoms with van der Waals surface area (Å²) in [6.07, 6.45) is 1.75. The van der Waals surface area contributed by atoms with Crippen LogP contribution >= 0.6 is 0 Å². The third-order valence-corrected chi connectivity index (χ3v) is 3.66. The maximum absolute atomic E-state index is 12.2. The number of hydrogen-bond acceptors (Lipinski definition) is 5. The minimum Gasteiger partial charge on any atom is -0.299 e. The average molecular weight is 319 g/mol. The molecule has 0 saturated heterocycles. The van der Waals surface area contributed by atoms with E-state index in [1.807, 2.05) is 35.8 Å². The van der Waals surface area contributed by atoms with Crippen LogP contribution in [0, 0.1) is 6.92 Å². The normalized spacial score (nSPS) is 10.9. The van der Waals surface area contributed by atoms with Crippen molar-refractivity contribution in [3.63, 3.8) is 0 Å². The van der Waals surface area contributed by atoms with Gasteiger partial charge in [-0.2, -0.15) is 5.21 Å². The SMILES string of the molecule is Cc1cccc(-n2cnc3cc(C(=O)Nc4nn[nH]n4)ccc32)c1. The molecule has 2 aromatic carbocycles. The van der Waals surface area contributed by atoms with E-state index in [4.69, 9.17) is 0 Å². The minimum absolute atomic E-state index is 0.130. The van der Waals surface area contributed by atoms with Crippen LogP contribution in [-0.2, 0) is 0 Å². The summed E-state index contributed by atoms with van der Waals surface area (Å²) in [5.74, 6) is -0.186. The predicted molar refractivity (Wildman–Crippen MR) is 87.9 cm³/mol. The van der Waals surface area contributed by atoms with E-state index in [-0.39, 0.29) is 11.9 Å². The number of H-pyrrole nitrogens is 1. The number of fused-ring (bicyclic) bond motifs is 1. The fourth-order valence-electron chi connectivity index (χ4n) is 2.53. The number of hydrogen-bond donors (Lipinski definition) is 2. The average Bonchev–Trinajstić information content (AvgIpc) is 3.23. The number of tetrazole rings is 1. The van der Waals surface area contributed by atoms with E-state index in [0.717, 1.165) is 16.7 Å². The molecule has 2 N–H and O–H groups in total. The molecule has 24 heavy (non-hydrogen) atoms. The van der Waals surface area contributed by atoms with Crippen LogP contribution in [0.25, 0.3) is 16.7 Å². The molecule has 1 amide bonds. The summed E-state index contributed by atoms with van der Waals surface area (Å²) in [5, 5.41) is 15.6. The lowest BCUT2D eigenvalue weighted by Crippen LogP contribution is -2.13. The monoisotopic (exact) mass is 319 g/mol. The van der Waals surface area contributed by atoms with Gasteiger partial charge in [0, 0.05) is 11.3 Å². The Bertz CT molecular complexity index is 1020. The number of carbonyl (C=O) groups is 1. The number of carbonyl (C=O) groups excluding carboxylic acids is 1. The smallest absolute Gasteiger partial charge is 0.270 e. The Balaban J connectivity index is 1.69. The van der Waals surface area contributed by atoms with Gasteiger partial charge >= 0.3 is 0 Å². The van der Waals surface area contributed by atoms with Gasteiger partial charge in [-0.15, -0.1) is 5.10 Å². The quantitative estimate of drug-likeness (QED) is 0.602. The van der Waals surface area contributed by atoms with Crippen LogP contribution in [0.1, 0.15) is 15.9 Å². The van der Waals surface area contributed by atoms with Gasteiger partial charge in [0.1, 0.15) is 6.33 Å². The van der Waals surface area contributed by atoms with E-state index >= 15 is 0 Å². The highest BCUT2D eigenvalue weighted by atomic mass is 16.1. The van der Waals surface area contributed by atoms with Gasteiger partial charge in [0.2, 0.25) is 0 Å². The molecule has 8 heteroatoms. The molecule has 4 rings (SSSR count). The van der Waals surface area contributed by atoms with Crippen LogP contribution in [-0.4, -0.2) is 36.1 Å². The van der Waals surface area contributed by atoms with Crippen molar-refractivity contribution >= 4 is 22.9 Å². The molecule has 0 aliphatic carbocycles. The Kier molecular flexibility index (Phi) is 3.27. The molecule has 2 heterocycles.